The maximum Gasteiger partial charge on any atom is 0.357 e. The van der Waals surface area contributed by atoms with Gasteiger partial charge in [0, 0.05) is 18.5 Å². The molecule has 2 aromatic heterocycles. The summed E-state index contributed by atoms with van der Waals surface area (Å²) < 4.78 is 9.05. The Morgan fingerprint density at radius 2 is 1.29 bits per heavy atom. The van der Waals surface area contributed by atoms with Gasteiger partial charge in [-0.15, -0.1) is 5.10 Å². The summed E-state index contributed by atoms with van der Waals surface area (Å²) in [6.07, 6.45) is 2.06. The molecule has 9 nitrogen and oxygen atoms in total. The van der Waals surface area contributed by atoms with Crippen molar-refractivity contribution in [3.63, 3.8) is 0 Å². The van der Waals surface area contributed by atoms with E-state index < -0.39 is 11.5 Å². The minimum Gasteiger partial charge on any atom is -0.461 e. The van der Waals surface area contributed by atoms with Crippen LogP contribution in [0.3, 0.4) is 0 Å². The Labute approximate surface area is 302 Å². The minimum atomic E-state index is -0.891. The molecule has 0 aliphatic heterocycles. The fraction of sp³-hybridized carbons (Fsp3) is 0.163. The zero-order chi connectivity index (χ0) is 35.9. The molecule has 258 valence electrons. The molecule has 0 aliphatic rings. The molecule has 5 aromatic carbocycles. The second-order valence-electron chi connectivity index (χ2n) is 12.4. The SMILES string of the molecule is CCCc1nc(C=O)c(C(=O)OCC)n1Cc1ccc(-c2ccccc2-c2nnnn2C(c2ccccc2)(c2ccccc2)c2ccccc2)cc1. The summed E-state index contributed by atoms with van der Waals surface area (Å²) in [5.41, 5.74) is 6.18. The van der Waals surface area contributed by atoms with E-state index in [9.17, 15) is 9.59 Å². The molecule has 0 unspecified atom stereocenters. The van der Waals surface area contributed by atoms with Gasteiger partial charge in [-0.05, 0) is 57.2 Å². The molecule has 9 heteroatoms. The normalized spacial score (nSPS) is 11.3. The first kappa shape index (κ1) is 34.0. The lowest BCUT2D eigenvalue weighted by atomic mass is 9.77. The van der Waals surface area contributed by atoms with Gasteiger partial charge in [0.2, 0.25) is 0 Å². The molecule has 52 heavy (non-hydrogen) atoms. The quantitative estimate of drug-likeness (QED) is 0.0687. The molecule has 0 fully saturated rings. The van der Waals surface area contributed by atoms with Gasteiger partial charge >= 0.3 is 5.97 Å². The second kappa shape index (κ2) is 15.2. The van der Waals surface area contributed by atoms with E-state index in [1.165, 1.54) is 0 Å². The predicted molar refractivity (Wildman–Crippen MR) is 200 cm³/mol. The molecule has 7 rings (SSSR count). The van der Waals surface area contributed by atoms with Gasteiger partial charge in [0.1, 0.15) is 17.1 Å². The van der Waals surface area contributed by atoms with Gasteiger partial charge in [0.05, 0.1) is 6.61 Å². The van der Waals surface area contributed by atoms with Gasteiger partial charge in [0.15, 0.2) is 17.8 Å². The Hall–Kier alpha value is -6.48. The Kier molecular flexibility index (Phi) is 9.93. The van der Waals surface area contributed by atoms with Gasteiger partial charge in [-0.2, -0.15) is 0 Å². The van der Waals surface area contributed by atoms with E-state index in [1.54, 1.807) is 11.5 Å². The maximum atomic E-state index is 13.0. The number of rotatable bonds is 13. The molecule has 0 N–H and O–H groups in total. The molecule has 0 amide bonds. The van der Waals surface area contributed by atoms with Gasteiger partial charge in [0.25, 0.3) is 0 Å². The van der Waals surface area contributed by atoms with E-state index in [-0.39, 0.29) is 18.0 Å². The van der Waals surface area contributed by atoms with Gasteiger partial charge in [-0.25, -0.2) is 14.5 Å². The van der Waals surface area contributed by atoms with Crippen molar-refractivity contribution in [2.45, 2.75) is 38.8 Å². The third-order valence-corrected chi connectivity index (χ3v) is 9.26. The number of imidazole rings is 1. The van der Waals surface area contributed by atoms with Crippen molar-refractivity contribution in [3.05, 3.63) is 179 Å². The van der Waals surface area contributed by atoms with Gasteiger partial charge in [-0.3, -0.25) is 4.79 Å². The first-order valence-corrected chi connectivity index (χ1v) is 17.5. The lowest BCUT2D eigenvalue weighted by Crippen LogP contribution is -2.39. The summed E-state index contributed by atoms with van der Waals surface area (Å²) in [6.45, 7) is 4.34. The van der Waals surface area contributed by atoms with Crippen molar-refractivity contribution in [1.29, 1.82) is 0 Å². The first-order chi connectivity index (χ1) is 25.6. The van der Waals surface area contributed by atoms with Crippen LogP contribution in [0.4, 0.5) is 0 Å². The molecular formula is C43H38N6O3. The summed E-state index contributed by atoms with van der Waals surface area (Å²) >= 11 is 0. The molecule has 7 aromatic rings. The Morgan fingerprint density at radius 3 is 1.83 bits per heavy atom. The van der Waals surface area contributed by atoms with Crippen LogP contribution in [0.15, 0.2) is 140 Å². The number of hydrogen-bond donors (Lipinski definition) is 0. The first-order valence-electron chi connectivity index (χ1n) is 17.5. The summed E-state index contributed by atoms with van der Waals surface area (Å²) in [5.74, 6) is 0.729. The van der Waals surface area contributed by atoms with E-state index in [4.69, 9.17) is 9.95 Å². The number of aryl methyl sites for hydroxylation is 1. The molecule has 0 aliphatic carbocycles. The van der Waals surface area contributed by atoms with E-state index in [1.807, 2.05) is 96.5 Å². The molecular weight excluding hydrogens is 649 g/mol. The highest BCUT2D eigenvalue weighted by molar-refractivity contribution is 5.96. The number of ether oxygens (including phenoxy) is 1. The number of aldehydes is 1. The third-order valence-electron chi connectivity index (χ3n) is 9.26. The standard InChI is InChI=1S/C43H38N6O3/c1-3-16-39-44-38(30-50)40(42(51)52-4-2)48(39)29-31-25-27-32(28-26-31)36-23-14-15-24-37(36)41-45-46-47-49(41)43(33-17-8-5-9-18-33,34-19-10-6-11-20-34)35-21-12-7-13-22-35/h5-15,17-28,30H,3-4,16,29H2,1-2H3. The largest absolute Gasteiger partial charge is 0.461 e. The number of carbonyl (C=O) groups excluding carboxylic acids is 2. The second-order valence-corrected chi connectivity index (χ2v) is 12.4. The molecule has 0 radical (unpaired) electrons. The molecule has 0 spiro atoms. The van der Waals surface area contributed by atoms with Gasteiger partial charge in [-0.1, -0.05) is 146 Å². The predicted octanol–water partition coefficient (Wildman–Crippen LogP) is 8.03. The number of benzene rings is 5. The Balaban J connectivity index is 1.33. The maximum absolute atomic E-state index is 13.0. The summed E-state index contributed by atoms with van der Waals surface area (Å²) in [6, 6.07) is 47.3. The number of aromatic nitrogens is 6. The van der Waals surface area contributed by atoms with Crippen molar-refractivity contribution in [1.82, 2.24) is 29.8 Å². The van der Waals surface area contributed by atoms with Crippen LogP contribution >= 0.6 is 0 Å². The average molecular weight is 687 g/mol. The van der Waals surface area contributed by atoms with Crippen LogP contribution in [0.25, 0.3) is 22.5 Å². The van der Waals surface area contributed by atoms with E-state index >= 15 is 0 Å². The topological polar surface area (TPSA) is 105 Å². The van der Waals surface area contributed by atoms with Crippen LogP contribution in [0, 0.1) is 0 Å². The van der Waals surface area contributed by atoms with E-state index in [2.05, 4.69) is 69.9 Å². The fourth-order valence-electron chi connectivity index (χ4n) is 6.99. The number of esters is 1. The van der Waals surface area contributed by atoms with Crippen LogP contribution in [0.1, 0.15) is 69.3 Å². The number of carbonyl (C=O) groups is 2. The lowest BCUT2D eigenvalue weighted by molar-refractivity contribution is 0.0511. The van der Waals surface area contributed by atoms with Crippen molar-refractivity contribution in [2.75, 3.05) is 6.61 Å². The number of nitrogens with zero attached hydrogens (tertiary/aromatic N) is 6. The van der Waals surface area contributed by atoms with Gasteiger partial charge < -0.3 is 9.30 Å². The molecule has 0 saturated heterocycles. The van der Waals surface area contributed by atoms with Crippen molar-refractivity contribution < 1.29 is 14.3 Å². The van der Waals surface area contributed by atoms with E-state index in [0.29, 0.717) is 30.9 Å². The summed E-state index contributed by atoms with van der Waals surface area (Å²) in [4.78, 5) is 29.4. The van der Waals surface area contributed by atoms with Crippen LogP contribution in [0.5, 0.6) is 0 Å². The Morgan fingerprint density at radius 1 is 0.731 bits per heavy atom. The minimum absolute atomic E-state index is 0.0998. The molecule has 0 bridgehead atoms. The number of hydrogen-bond acceptors (Lipinski definition) is 7. The molecule has 0 atom stereocenters. The molecule has 0 saturated carbocycles. The third kappa shape index (κ3) is 6.21. The fourth-order valence-corrected chi connectivity index (χ4v) is 6.99. The average Bonchev–Trinajstić information content (AvgIpc) is 3.82. The number of tetrazole rings is 1. The highest BCUT2D eigenvalue weighted by atomic mass is 16.5. The van der Waals surface area contributed by atoms with Crippen molar-refractivity contribution in [2.24, 2.45) is 0 Å². The smallest absolute Gasteiger partial charge is 0.357 e. The van der Waals surface area contributed by atoms with Crippen LogP contribution < -0.4 is 0 Å². The van der Waals surface area contributed by atoms with Crippen LogP contribution in [-0.4, -0.2) is 48.6 Å². The van der Waals surface area contributed by atoms with Crippen LogP contribution in [0.2, 0.25) is 0 Å². The van der Waals surface area contributed by atoms with Crippen molar-refractivity contribution in [3.8, 4) is 22.5 Å². The summed E-state index contributed by atoms with van der Waals surface area (Å²) in [5, 5.41) is 13.7. The van der Waals surface area contributed by atoms with Crippen LogP contribution in [-0.2, 0) is 23.2 Å². The van der Waals surface area contributed by atoms with E-state index in [0.717, 1.165) is 45.4 Å². The highest BCUT2D eigenvalue weighted by Crippen LogP contribution is 2.43. The Bertz CT molecular complexity index is 2180. The monoisotopic (exact) mass is 686 g/mol. The highest BCUT2D eigenvalue weighted by Gasteiger charge is 2.42. The molecule has 2 heterocycles. The zero-order valence-electron chi connectivity index (χ0n) is 29.1. The van der Waals surface area contributed by atoms with Crippen molar-refractivity contribution >= 4 is 12.3 Å². The zero-order valence-corrected chi connectivity index (χ0v) is 29.1. The lowest BCUT2D eigenvalue weighted by Gasteiger charge is -2.36. The summed E-state index contributed by atoms with van der Waals surface area (Å²) in [7, 11) is 0.